The molecule has 0 bridgehead atoms. The van der Waals surface area contributed by atoms with Crippen LogP contribution in [0.4, 0.5) is 0 Å². The third kappa shape index (κ3) is 1.78. The average Bonchev–Trinajstić information content (AvgIpc) is 2.85. The van der Waals surface area contributed by atoms with Gasteiger partial charge in [0.15, 0.2) is 0 Å². The van der Waals surface area contributed by atoms with E-state index in [-0.39, 0.29) is 5.63 Å². The van der Waals surface area contributed by atoms with Crippen LogP contribution in [0.15, 0.2) is 70.0 Å². The summed E-state index contributed by atoms with van der Waals surface area (Å²) in [5, 5.41) is 2.59. The van der Waals surface area contributed by atoms with Crippen molar-refractivity contribution in [2.24, 2.45) is 7.05 Å². The van der Waals surface area contributed by atoms with E-state index in [1.54, 1.807) is 6.07 Å². The molecule has 21 heavy (non-hydrogen) atoms. The van der Waals surface area contributed by atoms with Crippen molar-refractivity contribution in [1.29, 1.82) is 0 Å². The molecule has 0 unspecified atom stereocenters. The summed E-state index contributed by atoms with van der Waals surface area (Å²) in [6.07, 6.45) is 2.00. The van der Waals surface area contributed by atoms with Crippen LogP contribution in [0.25, 0.3) is 33.0 Å². The van der Waals surface area contributed by atoms with Gasteiger partial charge in [-0.05, 0) is 23.6 Å². The fourth-order valence-electron chi connectivity index (χ4n) is 2.81. The summed E-state index contributed by atoms with van der Waals surface area (Å²) in [4.78, 5) is 12.1. The predicted molar refractivity (Wildman–Crippen MR) is 84.4 cm³/mol. The van der Waals surface area contributed by atoms with Crippen molar-refractivity contribution in [3.05, 3.63) is 71.2 Å². The van der Waals surface area contributed by atoms with Crippen LogP contribution in [0.5, 0.6) is 0 Å². The molecule has 2 heterocycles. The van der Waals surface area contributed by atoms with Gasteiger partial charge in [-0.1, -0.05) is 36.4 Å². The fraction of sp³-hybridized carbons (Fsp3) is 0.0556. The van der Waals surface area contributed by atoms with E-state index in [1.807, 2.05) is 60.3 Å². The SMILES string of the molecule is Cn1cc(-c2cc3ccccc3c(=O)o2)c2ccccc21. The van der Waals surface area contributed by atoms with Crippen LogP contribution < -0.4 is 5.63 Å². The molecule has 0 radical (unpaired) electrons. The molecule has 0 aliphatic heterocycles. The molecule has 0 aliphatic carbocycles. The van der Waals surface area contributed by atoms with Gasteiger partial charge in [-0.3, -0.25) is 0 Å². The molecule has 0 saturated heterocycles. The van der Waals surface area contributed by atoms with Crippen molar-refractivity contribution in [1.82, 2.24) is 4.57 Å². The second-order valence-electron chi connectivity index (χ2n) is 5.16. The number of hydrogen-bond acceptors (Lipinski definition) is 2. The molecule has 0 spiro atoms. The first kappa shape index (κ1) is 12.0. The van der Waals surface area contributed by atoms with E-state index in [4.69, 9.17) is 4.42 Å². The van der Waals surface area contributed by atoms with Gasteiger partial charge >= 0.3 is 5.63 Å². The van der Waals surface area contributed by atoms with E-state index in [0.717, 1.165) is 21.9 Å². The number of aryl methyl sites for hydroxylation is 1. The fourth-order valence-corrected chi connectivity index (χ4v) is 2.81. The summed E-state index contributed by atoms with van der Waals surface area (Å²) in [7, 11) is 1.99. The summed E-state index contributed by atoms with van der Waals surface area (Å²) in [6, 6.07) is 17.5. The highest BCUT2D eigenvalue weighted by atomic mass is 16.4. The summed E-state index contributed by atoms with van der Waals surface area (Å²) < 4.78 is 7.57. The van der Waals surface area contributed by atoms with Crippen LogP contribution in [0, 0.1) is 0 Å². The maximum absolute atomic E-state index is 12.1. The largest absolute Gasteiger partial charge is 0.422 e. The van der Waals surface area contributed by atoms with Crippen LogP contribution in [-0.2, 0) is 7.05 Å². The van der Waals surface area contributed by atoms with Gasteiger partial charge in [0.2, 0.25) is 0 Å². The Kier molecular flexibility index (Phi) is 2.48. The molecular formula is C18H13NO2. The van der Waals surface area contributed by atoms with E-state index >= 15 is 0 Å². The molecule has 3 heteroatoms. The van der Waals surface area contributed by atoms with Crippen molar-refractivity contribution in [2.75, 3.05) is 0 Å². The average molecular weight is 275 g/mol. The Labute approximate surface area is 121 Å². The first-order valence-electron chi connectivity index (χ1n) is 6.81. The van der Waals surface area contributed by atoms with Crippen molar-refractivity contribution in [2.45, 2.75) is 0 Å². The van der Waals surface area contributed by atoms with E-state index < -0.39 is 0 Å². The molecule has 0 aliphatic rings. The Bertz CT molecular complexity index is 1020. The maximum atomic E-state index is 12.1. The van der Waals surface area contributed by atoms with Gasteiger partial charge in [-0.15, -0.1) is 0 Å². The van der Waals surface area contributed by atoms with Gasteiger partial charge in [-0.2, -0.15) is 0 Å². The molecule has 0 fully saturated rings. The smallest absolute Gasteiger partial charge is 0.344 e. The monoisotopic (exact) mass is 275 g/mol. The standard InChI is InChI=1S/C18H13NO2/c1-19-11-15(14-8-4-5-9-16(14)19)17-10-12-6-2-3-7-13(12)18(20)21-17/h2-11H,1H3. The van der Waals surface area contributed by atoms with Crippen LogP contribution in [0.1, 0.15) is 0 Å². The molecule has 0 saturated carbocycles. The molecule has 102 valence electrons. The molecule has 2 aromatic heterocycles. The number of nitrogens with zero attached hydrogens (tertiary/aromatic N) is 1. The summed E-state index contributed by atoms with van der Waals surface area (Å²) >= 11 is 0. The molecule has 2 aromatic carbocycles. The lowest BCUT2D eigenvalue weighted by Gasteiger charge is -2.01. The van der Waals surface area contributed by atoms with Crippen molar-refractivity contribution < 1.29 is 4.42 Å². The van der Waals surface area contributed by atoms with Crippen molar-refractivity contribution in [3.63, 3.8) is 0 Å². The zero-order chi connectivity index (χ0) is 14.4. The highest BCUT2D eigenvalue weighted by molar-refractivity contribution is 5.96. The molecule has 0 amide bonds. The molecule has 0 atom stereocenters. The minimum absolute atomic E-state index is 0.295. The van der Waals surface area contributed by atoms with E-state index in [9.17, 15) is 4.79 Å². The lowest BCUT2D eigenvalue weighted by atomic mass is 10.1. The molecule has 4 rings (SSSR count). The Morgan fingerprint density at radius 2 is 1.67 bits per heavy atom. The number of benzene rings is 2. The van der Waals surface area contributed by atoms with Gasteiger partial charge in [0.25, 0.3) is 0 Å². The first-order valence-corrected chi connectivity index (χ1v) is 6.81. The lowest BCUT2D eigenvalue weighted by Crippen LogP contribution is -1.99. The molecule has 3 nitrogen and oxygen atoms in total. The van der Waals surface area contributed by atoms with E-state index in [2.05, 4.69) is 6.07 Å². The quantitative estimate of drug-likeness (QED) is 0.527. The normalized spacial score (nSPS) is 11.3. The van der Waals surface area contributed by atoms with Gasteiger partial charge < -0.3 is 8.98 Å². The lowest BCUT2D eigenvalue weighted by molar-refractivity contribution is 0.535. The van der Waals surface area contributed by atoms with E-state index in [0.29, 0.717) is 11.1 Å². The highest BCUT2D eigenvalue weighted by Crippen LogP contribution is 2.30. The Balaban J connectivity index is 2.07. The number of rotatable bonds is 1. The van der Waals surface area contributed by atoms with Crippen LogP contribution in [-0.4, -0.2) is 4.57 Å². The zero-order valence-electron chi connectivity index (χ0n) is 11.5. The maximum Gasteiger partial charge on any atom is 0.344 e. The number of aromatic nitrogens is 1. The van der Waals surface area contributed by atoms with Gasteiger partial charge in [0.05, 0.1) is 5.39 Å². The van der Waals surface area contributed by atoms with E-state index in [1.165, 1.54) is 0 Å². The highest BCUT2D eigenvalue weighted by Gasteiger charge is 2.12. The number of fused-ring (bicyclic) bond motifs is 2. The van der Waals surface area contributed by atoms with Crippen molar-refractivity contribution >= 4 is 21.7 Å². The van der Waals surface area contributed by atoms with Gasteiger partial charge in [0.1, 0.15) is 5.76 Å². The minimum Gasteiger partial charge on any atom is -0.422 e. The summed E-state index contributed by atoms with van der Waals surface area (Å²) in [5.41, 5.74) is 1.76. The Morgan fingerprint density at radius 1 is 0.952 bits per heavy atom. The van der Waals surface area contributed by atoms with Crippen molar-refractivity contribution in [3.8, 4) is 11.3 Å². The van der Waals surface area contributed by atoms with Crippen LogP contribution in [0.2, 0.25) is 0 Å². The minimum atomic E-state index is -0.295. The first-order chi connectivity index (χ1) is 10.2. The van der Waals surface area contributed by atoms with Crippen LogP contribution >= 0.6 is 0 Å². The zero-order valence-corrected chi connectivity index (χ0v) is 11.5. The summed E-state index contributed by atoms with van der Waals surface area (Å²) in [5.74, 6) is 0.607. The number of hydrogen-bond donors (Lipinski definition) is 0. The molecule has 4 aromatic rings. The topological polar surface area (TPSA) is 35.1 Å². The van der Waals surface area contributed by atoms with Gasteiger partial charge in [0, 0.05) is 29.7 Å². The third-order valence-electron chi connectivity index (χ3n) is 3.83. The molecule has 0 N–H and O–H groups in total. The Morgan fingerprint density at radius 3 is 2.52 bits per heavy atom. The summed E-state index contributed by atoms with van der Waals surface area (Å²) in [6.45, 7) is 0. The second kappa shape index (κ2) is 4.35. The second-order valence-corrected chi connectivity index (χ2v) is 5.16. The number of para-hydroxylation sites is 1. The molecular weight excluding hydrogens is 262 g/mol. The van der Waals surface area contributed by atoms with Gasteiger partial charge in [-0.25, -0.2) is 4.79 Å². The third-order valence-corrected chi connectivity index (χ3v) is 3.83. The van der Waals surface area contributed by atoms with Crippen LogP contribution in [0.3, 0.4) is 0 Å². The Hall–Kier alpha value is -2.81. The predicted octanol–water partition coefficient (Wildman–Crippen LogP) is 3.95.